The van der Waals surface area contributed by atoms with Gasteiger partial charge < -0.3 is 5.11 Å². The molecule has 3 heteroatoms. The van der Waals surface area contributed by atoms with Gasteiger partial charge in [0.1, 0.15) is 11.4 Å². The second-order valence-electron chi connectivity index (χ2n) is 9.34. The van der Waals surface area contributed by atoms with E-state index in [0.717, 1.165) is 27.9 Å². The molecule has 0 spiro atoms. The first kappa shape index (κ1) is 20.2. The molecule has 140 valence electrons. The van der Waals surface area contributed by atoms with Crippen LogP contribution in [0.4, 0.5) is 11.4 Å². The maximum absolute atomic E-state index is 10.8. The highest BCUT2D eigenvalue weighted by atomic mass is 16.3. The molecule has 0 radical (unpaired) electrons. The van der Waals surface area contributed by atoms with Crippen molar-refractivity contribution in [2.45, 2.75) is 73.1 Å². The SMILES string of the molecule is Cc1cc(C)c(N=Nc2cc(C(C)(C)C)cc(C(C)(C)C)c2O)c(C)c1. The summed E-state index contributed by atoms with van der Waals surface area (Å²) in [7, 11) is 0. The molecule has 1 N–H and O–H groups in total. The van der Waals surface area contributed by atoms with Gasteiger partial charge >= 0.3 is 0 Å². The number of benzene rings is 2. The number of nitrogens with zero attached hydrogens (tertiary/aromatic N) is 2. The zero-order valence-corrected chi connectivity index (χ0v) is 17.7. The van der Waals surface area contributed by atoms with Crippen molar-refractivity contribution in [2.75, 3.05) is 0 Å². The van der Waals surface area contributed by atoms with E-state index in [1.54, 1.807) is 0 Å². The Labute approximate surface area is 158 Å². The topological polar surface area (TPSA) is 45.0 Å². The van der Waals surface area contributed by atoms with E-state index in [-0.39, 0.29) is 16.6 Å². The van der Waals surface area contributed by atoms with Gasteiger partial charge in [0, 0.05) is 5.56 Å². The number of aryl methyl sites for hydroxylation is 3. The third-order valence-electron chi connectivity index (χ3n) is 4.66. The third-order valence-corrected chi connectivity index (χ3v) is 4.66. The van der Waals surface area contributed by atoms with Gasteiger partial charge in [-0.2, -0.15) is 0 Å². The smallest absolute Gasteiger partial charge is 0.146 e. The summed E-state index contributed by atoms with van der Waals surface area (Å²) in [6.07, 6.45) is 0. The van der Waals surface area contributed by atoms with Crippen LogP contribution in [0.5, 0.6) is 5.75 Å². The van der Waals surface area contributed by atoms with E-state index in [4.69, 9.17) is 0 Å². The normalized spacial score (nSPS) is 12.8. The van der Waals surface area contributed by atoms with Gasteiger partial charge in [0.25, 0.3) is 0 Å². The highest BCUT2D eigenvalue weighted by molar-refractivity contribution is 5.61. The predicted octanol–water partition coefficient (Wildman–Crippen LogP) is 7.33. The standard InChI is InChI=1S/C23H32N2O/c1-14-10-15(2)20(16(3)11-14)25-24-19-13-17(22(4,5)6)12-18(21(19)26)23(7,8)9/h10-13,26H,1-9H3. The Morgan fingerprint density at radius 1 is 0.731 bits per heavy atom. The van der Waals surface area contributed by atoms with Gasteiger partial charge in [-0.25, -0.2) is 0 Å². The van der Waals surface area contributed by atoms with Gasteiger partial charge in [-0.05, 0) is 54.4 Å². The summed E-state index contributed by atoms with van der Waals surface area (Å²) < 4.78 is 0. The molecule has 0 aliphatic heterocycles. The van der Waals surface area contributed by atoms with Crippen LogP contribution in [-0.4, -0.2) is 5.11 Å². The molecule has 0 atom stereocenters. The molecule has 2 aromatic rings. The van der Waals surface area contributed by atoms with Crippen molar-refractivity contribution >= 4 is 11.4 Å². The Balaban J connectivity index is 2.63. The predicted molar refractivity (Wildman–Crippen MR) is 110 cm³/mol. The average molecular weight is 353 g/mol. The van der Waals surface area contributed by atoms with Crippen LogP contribution in [0.15, 0.2) is 34.5 Å². The zero-order chi connectivity index (χ0) is 19.9. The molecule has 2 rings (SSSR count). The summed E-state index contributed by atoms with van der Waals surface area (Å²) in [4.78, 5) is 0. The Morgan fingerprint density at radius 2 is 1.27 bits per heavy atom. The first-order chi connectivity index (χ1) is 11.8. The molecule has 26 heavy (non-hydrogen) atoms. The van der Waals surface area contributed by atoms with Crippen molar-refractivity contribution in [2.24, 2.45) is 10.2 Å². The monoisotopic (exact) mass is 352 g/mol. The summed E-state index contributed by atoms with van der Waals surface area (Å²) in [5.41, 5.74) is 6.63. The summed E-state index contributed by atoms with van der Waals surface area (Å²) in [6.45, 7) is 19.0. The van der Waals surface area contributed by atoms with Gasteiger partial charge in [0.15, 0.2) is 0 Å². The van der Waals surface area contributed by atoms with E-state index in [1.165, 1.54) is 5.56 Å². The number of hydrogen-bond donors (Lipinski definition) is 1. The lowest BCUT2D eigenvalue weighted by molar-refractivity contribution is 0.446. The van der Waals surface area contributed by atoms with Gasteiger partial charge in [-0.15, -0.1) is 10.2 Å². The number of azo groups is 1. The van der Waals surface area contributed by atoms with Crippen molar-refractivity contribution in [1.29, 1.82) is 0 Å². The Bertz CT molecular complexity index is 827. The van der Waals surface area contributed by atoms with Crippen molar-refractivity contribution < 1.29 is 5.11 Å². The van der Waals surface area contributed by atoms with E-state index < -0.39 is 0 Å². The van der Waals surface area contributed by atoms with Crippen LogP contribution >= 0.6 is 0 Å². The van der Waals surface area contributed by atoms with Gasteiger partial charge in [0.2, 0.25) is 0 Å². The molecule has 3 nitrogen and oxygen atoms in total. The second-order valence-corrected chi connectivity index (χ2v) is 9.34. The molecule has 0 heterocycles. The van der Waals surface area contributed by atoms with Crippen LogP contribution in [0, 0.1) is 20.8 Å². The molecule has 0 saturated carbocycles. The molecule has 0 aromatic heterocycles. The van der Waals surface area contributed by atoms with Crippen LogP contribution in [0.2, 0.25) is 0 Å². The largest absolute Gasteiger partial charge is 0.505 e. The van der Waals surface area contributed by atoms with Crippen molar-refractivity contribution in [1.82, 2.24) is 0 Å². The van der Waals surface area contributed by atoms with Crippen LogP contribution in [-0.2, 0) is 10.8 Å². The Kier molecular flexibility index (Phi) is 5.32. The van der Waals surface area contributed by atoms with E-state index in [2.05, 4.69) is 76.9 Å². The van der Waals surface area contributed by atoms with E-state index in [9.17, 15) is 5.11 Å². The number of phenols is 1. The van der Waals surface area contributed by atoms with Gasteiger partial charge in [-0.3, -0.25) is 0 Å². The molecule has 0 aliphatic carbocycles. The highest BCUT2D eigenvalue weighted by Crippen LogP contribution is 2.42. The summed E-state index contributed by atoms with van der Waals surface area (Å²) in [6, 6.07) is 8.25. The molecule has 0 saturated heterocycles. The Morgan fingerprint density at radius 3 is 1.73 bits per heavy atom. The highest BCUT2D eigenvalue weighted by Gasteiger charge is 2.25. The third kappa shape index (κ3) is 4.32. The van der Waals surface area contributed by atoms with Gasteiger partial charge in [-0.1, -0.05) is 65.3 Å². The summed E-state index contributed by atoms with van der Waals surface area (Å²) >= 11 is 0. The molecule has 2 aromatic carbocycles. The minimum Gasteiger partial charge on any atom is -0.505 e. The minimum atomic E-state index is -0.175. The van der Waals surface area contributed by atoms with E-state index in [0.29, 0.717) is 5.69 Å². The molecule has 0 fully saturated rings. The summed E-state index contributed by atoms with van der Waals surface area (Å²) in [5, 5.41) is 19.8. The first-order valence-corrected chi connectivity index (χ1v) is 9.18. The van der Waals surface area contributed by atoms with Crippen LogP contribution in [0.1, 0.15) is 69.4 Å². The lowest BCUT2D eigenvalue weighted by atomic mass is 9.80. The number of hydrogen-bond acceptors (Lipinski definition) is 3. The fourth-order valence-electron chi connectivity index (χ4n) is 3.13. The quantitative estimate of drug-likeness (QED) is 0.565. The lowest BCUT2D eigenvalue weighted by Gasteiger charge is -2.26. The van der Waals surface area contributed by atoms with Crippen LogP contribution in [0.25, 0.3) is 0 Å². The van der Waals surface area contributed by atoms with Crippen LogP contribution in [0.3, 0.4) is 0 Å². The van der Waals surface area contributed by atoms with E-state index in [1.807, 2.05) is 19.9 Å². The molecule has 0 unspecified atom stereocenters. The summed E-state index contributed by atoms with van der Waals surface area (Å²) in [5.74, 6) is 0.219. The van der Waals surface area contributed by atoms with Gasteiger partial charge in [0.05, 0.1) is 5.69 Å². The molecular weight excluding hydrogens is 320 g/mol. The minimum absolute atomic E-state index is 0.0341. The van der Waals surface area contributed by atoms with Crippen molar-refractivity contribution in [3.63, 3.8) is 0 Å². The molecule has 0 bridgehead atoms. The number of rotatable bonds is 2. The molecule has 0 aliphatic rings. The maximum atomic E-state index is 10.8. The lowest BCUT2D eigenvalue weighted by Crippen LogP contribution is -2.16. The molecule has 0 amide bonds. The first-order valence-electron chi connectivity index (χ1n) is 9.18. The number of aromatic hydroxyl groups is 1. The fraction of sp³-hybridized carbons (Fsp3) is 0.478. The fourth-order valence-corrected chi connectivity index (χ4v) is 3.13. The second kappa shape index (κ2) is 6.86. The van der Waals surface area contributed by atoms with Crippen molar-refractivity contribution in [3.8, 4) is 5.75 Å². The Hall–Kier alpha value is -2.16. The van der Waals surface area contributed by atoms with E-state index >= 15 is 0 Å². The molecular formula is C23H32N2O. The zero-order valence-electron chi connectivity index (χ0n) is 17.7. The average Bonchev–Trinajstić information content (AvgIpc) is 2.45. The maximum Gasteiger partial charge on any atom is 0.146 e. The number of phenolic OH excluding ortho intramolecular Hbond substituents is 1. The van der Waals surface area contributed by atoms with Crippen molar-refractivity contribution in [3.05, 3.63) is 52.1 Å². The van der Waals surface area contributed by atoms with Crippen LogP contribution < -0.4 is 0 Å².